The van der Waals surface area contributed by atoms with Crippen LogP contribution in [0.1, 0.15) is 29.8 Å². The Bertz CT molecular complexity index is 1170. The zero-order valence-electron chi connectivity index (χ0n) is 16.3. The van der Waals surface area contributed by atoms with E-state index in [0.717, 1.165) is 34.9 Å². The van der Waals surface area contributed by atoms with Gasteiger partial charge in [0.2, 0.25) is 0 Å². The van der Waals surface area contributed by atoms with E-state index < -0.39 is 5.41 Å². The van der Waals surface area contributed by atoms with Crippen LogP contribution in [-0.4, -0.2) is 16.1 Å². The van der Waals surface area contributed by atoms with Crippen molar-refractivity contribution in [1.29, 1.82) is 0 Å². The molecule has 5 rings (SSSR count). The highest BCUT2D eigenvalue weighted by Crippen LogP contribution is 2.49. The van der Waals surface area contributed by atoms with Crippen molar-refractivity contribution < 1.29 is 9.13 Å². The van der Waals surface area contributed by atoms with Gasteiger partial charge in [-0.3, -0.25) is 0 Å². The molecule has 1 aromatic heterocycles. The highest BCUT2D eigenvalue weighted by molar-refractivity contribution is 6.34. The zero-order valence-corrected chi connectivity index (χ0v) is 17.0. The summed E-state index contributed by atoms with van der Waals surface area (Å²) in [7, 11) is 0. The fourth-order valence-corrected chi connectivity index (χ4v) is 4.43. The Labute approximate surface area is 179 Å². The van der Waals surface area contributed by atoms with Crippen molar-refractivity contribution in [3.05, 3.63) is 107 Å². The Hall–Kier alpha value is -2.82. The zero-order chi connectivity index (χ0) is 20.6. The minimum Gasteiger partial charge on any atom is -0.373 e. The molecule has 1 aliphatic carbocycles. The molecule has 1 saturated carbocycles. The summed E-state index contributed by atoms with van der Waals surface area (Å²) in [6.45, 7) is 0.560. The number of fused-ring (bicyclic) bond motifs is 1. The third-order valence-corrected chi connectivity index (χ3v) is 6.15. The molecule has 4 aromatic rings. The molecule has 3 nitrogen and oxygen atoms in total. The molecule has 1 fully saturated rings. The van der Waals surface area contributed by atoms with E-state index in [1.165, 1.54) is 12.1 Å². The number of hydrogen-bond donors (Lipinski definition) is 0. The van der Waals surface area contributed by atoms with Crippen LogP contribution in [0.3, 0.4) is 0 Å². The SMILES string of the molecule is Fc1ccc([C@]2(c3nc(Cl)c4ccccc4n3)C[C@H](OCc3ccccc3)C2)cc1. The maximum Gasteiger partial charge on any atom is 0.141 e. The van der Waals surface area contributed by atoms with Gasteiger partial charge in [-0.1, -0.05) is 66.2 Å². The van der Waals surface area contributed by atoms with Crippen LogP contribution in [0.4, 0.5) is 4.39 Å². The largest absolute Gasteiger partial charge is 0.373 e. The van der Waals surface area contributed by atoms with Gasteiger partial charge in [0, 0.05) is 5.39 Å². The number of aromatic nitrogens is 2. The van der Waals surface area contributed by atoms with E-state index in [1.54, 1.807) is 0 Å². The van der Waals surface area contributed by atoms with Gasteiger partial charge in [-0.05, 0) is 48.2 Å². The van der Waals surface area contributed by atoms with Crippen LogP contribution in [0.2, 0.25) is 5.15 Å². The lowest BCUT2D eigenvalue weighted by Crippen LogP contribution is -2.48. The quantitative estimate of drug-likeness (QED) is 0.368. The fourth-order valence-electron chi connectivity index (χ4n) is 4.19. The van der Waals surface area contributed by atoms with E-state index in [-0.39, 0.29) is 11.9 Å². The molecule has 0 saturated heterocycles. The normalized spacial score (nSPS) is 20.8. The molecule has 0 spiro atoms. The van der Waals surface area contributed by atoms with Crippen molar-refractivity contribution in [1.82, 2.24) is 9.97 Å². The third-order valence-electron chi connectivity index (χ3n) is 5.86. The van der Waals surface area contributed by atoms with Crippen molar-refractivity contribution in [2.45, 2.75) is 31.0 Å². The molecule has 0 atom stereocenters. The lowest BCUT2D eigenvalue weighted by molar-refractivity contribution is -0.0455. The molecular weight excluding hydrogens is 399 g/mol. The molecule has 0 N–H and O–H groups in total. The summed E-state index contributed by atoms with van der Waals surface area (Å²) in [5, 5.41) is 1.26. The summed E-state index contributed by atoms with van der Waals surface area (Å²) < 4.78 is 19.7. The first-order valence-electron chi connectivity index (χ1n) is 9.98. The van der Waals surface area contributed by atoms with Crippen LogP contribution in [0.5, 0.6) is 0 Å². The van der Waals surface area contributed by atoms with E-state index in [2.05, 4.69) is 17.1 Å². The number of nitrogens with zero attached hydrogens (tertiary/aromatic N) is 2. The number of benzene rings is 3. The van der Waals surface area contributed by atoms with Crippen LogP contribution in [0, 0.1) is 5.82 Å². The predicted molar refractivity (Wildman–Crippen MR) is 116 cm³/mol. The van der Waals surface area contributed by atoms with Gasteiger partial charge >= 0.3 is 0 Å². The molecule has 0 radical (unpaired) electrons. The second-order valence-electron chi connectivity index (χ2n) is 7.77. The summed E-state index contributed by atoms with van der Waals surface area (Å²) in [5.41, 5.74) is 2.49. The van der Waals surface area contributed by atoms with E-state index in [9.17, 15) is 4.39 Å². The van der Waals surface area contributed by atoms with Crippen molar-refractivity contribution in [3.8, 4) is 0 Å². The molecule has 3 aromatic carbocycles. The molecular formula is C25H20ClFN2O. The number of hydrogen-bond acceptors (Lipinski definition) is 3. The Morgan fingerprint density at radius 2 is 1.60 bits per heavy atom. The van der Waals surface area contributed by atoms with Gasteiger partial charge in [-0.15, -0.1) is 0 Å². The summed E-state index contributed by atoms with van der Waals surface area (Å²) in [4.78, 5) is 9.49. The maximum atomic E-state index is 13.6. The van der Waals surface area contributed by atoms with Gasteiger partial charge in [-0.2, -0.15) is 0 Å². The molecule has 1 heterocycles. The van der Waals surface area contributed by atoms with Gasteiger partial charge in [0.05, 0.1) is 23.6 Å². The Morgan fingerprint density at radius 3 is 2.37 bits per heavy atom. The number of halogens is 2. The smallest absolute Gasteiger partial charge is 0.141 e. The second kappa shape index (κ2) is 7.78. The van der Waals surface area contributed by atoms with Crippen molar-refractivity contribution in [2.75, 3.05) is 0 Å². The third kappa shape index (κ3) is 3.47. The van der Waals surface area contributed by atoms with Crippen LogP contribution in [0.25, 0.3) is 10.9 Å². The average Bonchev–Trinajstić information content (AvgIpc) is 2.75. The average molecular weight is 419 g/mol. The first-order valence-corrected chi connectivity index (χ1v) is 10.4. The monoisotopic (exact) mass is 418 g/mol. The second-order valence-corrected chi connectivity index (χ2v) is 8.13. The van der Waals surface area contributed by atoms with Crippen LogP contribution in [0.15, 0.2) is 78.9 Å². The molecule has 30 heavy (non-hydrogen) atoms. The molecule has 150 valence electrons. The fraction of sp³-hybridized carbons (Fsp3) is 0.200. The molecule has 1 aliphatic rings. The summed E-state index contributed by atoms with van der Waals surface area (Å²) in [6.07, 6.45) is 1.52. The van der Waals surface area contributed by atoms with Crippen molar-refractivity contribution in [3.63, 3.8) is 0 Å². The van der Waals surface area contributed by atoms with Gasteiger partial charge in [-0.25, -0.2) is 14.4 Å². The van der Waals surface area contributed by atoms with Gasteiger partial charge < -0.3 is 4.74 Å². The highest BCUT2D eigenvalue weighted by atomic mass is 35.5. The van der Waals surface area contributed by atoms with Crippen molar-refractivity contribution in [2.24, 2.45) is 0 Å². The van der Waals surface area contributed by atoms with Crippen LogP contribution in [-0.2, 0) is 16.8 Å². The van der Waals surface area contributed by atoms with Gasteiger partial charge in [0.15, 0.2) is 0 Å². The molecule has 5 heteroatoms. The molecule has 0 amide bonds. The Morgan fingerprint density at radius 1 is 0.900 bits per heavy atom. The lowest BCUT2D eigenvalue weighted by Gasteiger charge is -2.46. The van der Waals surface area contributed by atoms with E-state index in [0.29, 0.717) is 17.6 Å². The summed E-state index contributed by atoms with van der Waals surface area (Å²) in [5.74, 6) is 0.403. The molecule has 0 unspecified atom stereocenters. The Kier molecular flexibility index (Phi) is 4.97. The van der Waals surface area contributed by atoms with E-state index >= 15 is 0 Å². The van der Waals surface area contributed by atoms with Gasteiger partial charge in [0.25, 0.3) is 0 Å². The minimum atomic E-state index is -0.442. The van der Waals surface area contributed by atoms with E-state index in [4.69, 9.17) is 21.3 Å². The Balaban J connectivity index is 1.47. The minimum absolute atomic E-state index is 0.0732. The highest BCUT2D eigenvalue weighted by Gasteiger charge is 2.50. The van der Waals surface area contributed by atoms with Crippen molar-refractivity contribution >= 4 is 22.5 Å². The van der Waals surface area contributed by atoms with Crippen LogP contribution >= 0.6 is 11.6 Å². The number of para-hydroxylation sites is 1. The van der Waals surface area contributed by atoms with Crippen LogP contribution < -0.4 is 0 Å². The lowest BCUT2D eigenvalue weighted by atomic mass is 9.62. The molecule has 0 aliphatic heterocycles. The number of rotatable bonds is 5. The van der Waals surface area contributed by atoms with E-state index in [1.807, 2.05) is 54.6 Å². The van der Waals surface area contributed by atoms with Gasteiger partial charge in [0.1, 0.15) is 16.8 Å². The summed E-state index contributed by atoms with van der Waals surface area (Å²) in [6, 6.07) is 24.4. The first-order chi connectivity index (χ1) is 14.6. The maximum absolute atomic E-state index is 13.6. The number of ether oxygens (including phenoxy) is 1. The molecule has 0 bridgehead atoms. The standard InChI is InChI=1S/C25H20ClFN2O/c26-23-21-8-4-5-9-22(21)28-24(29-23)25(18-10-12-19(27)13-11-18)14-20(15-25)30-16-17-6-2-1-3-7-17/h1-13,20H,14-16H2/t20-,25-. The first kappa shape index (κ1) is 19.2. The summed E-state index contributed by atoms with van der Waals surface area (Å²) >= 11 is 6.50. The predicted octanol–water partition coefficient (Wildman–Crippen LogP) is 6.09. The topological polar surface area (TPSA) is 35.0 Å².